The first-order chi connectivity index (χ1) is 11.7. The highest BCUT2D eigenvalue weighted by Crippen LogP contribution is 2.46. The number of carbonyl (C=O) groups excluding carboxylic acids is 1. The zero-order chi connectivity index (χ0) is 16.7. The van der Waals surface area contributed by atoms with E-state index in [4.69, 9.17) is 0 Å². The summed E-state index contributed by atoms with van der Waals surface area (Å²) in [6.45, 7) is 0. The van der Waals surface area contributed by atoms with Crippen molar-refractivity contribution < 1.29 is 9.90 Å². The van der Waals surface area contributed by atoms with Gasteiger partial charge in [-0.1, -0.05) is 49.6 Å². The number of aryl methyl sites for hydroxylation is 1. The molecule has 0 unspecified atom stereocenters. The number of aromatic nitrogens is 1. The molecule has 2 aromatic heterocycles. The predicted octanol–water partition coefficient (Wildman–Crippen LogP) is 4.32. The van der Waals surface area contributed by atoms with Gasteiger partial charge in [0, 0.05) is 7.05 Å². The van der Waals surface area contributed by atoms with E-state index in [1.54, 1.807) is 6.07 Å². The van der Waals surface area contributed by atoms with Crippen LogP contribution in [-0.4, -0.2) is 10.5 Å². The van der Waals surface area contributed by atoms with E-state index in [1.807, 2.05) is 13.1 Å². The van der Waals surface area contributed by atoms with Crippen LogP contribution < -0.4 is 5.11 Å². The second kappa shape index (κ2) is 6.10. The number of hydrogen-bond acceptors (Lipinski definition) is 3. The first-order valence-corrected chi connectivity index (χ1v) is 9.37. The van der Waals surface area contributed by atoms with Crippen molar-refractivity contribution in [3.8, 4) is 11.3 Å². The van der Waals surface area contributed by atoms with Crippen LogP contribution in [0.1, 0.15) is 53.3 Å². The lowest BCUT2D eigenvalue weighted by Crippen LogP contribution is -2.20. The van der Waals surface area contributed by atoms with Crippen LogP contribution in [0.25, 0.3) is 21.5 Å². The summed E-state index contributed by atoms with van der Waals surface area (Å²) in [5.41, 5.74) is 4.81. The molecule has 1 aromatic carbocycles. The topological polar surface area (TPSA) is 45.1 Å². The molecule has 0 bridgehead atoms. The molecule has 0 spiro atoms. The standard InChI is InChI=1S/C20H21NO2S/c1-21-15-12-16(20(22)23)24-19(15)17(13-8-4-2-5-9-13)18(21)14-10-6-3-7-11-14/h3,6-7,10-13H,2,4-5,8-9H2,1H3,(H,22,23)/p-1. The molecule has 3 aromatic rings. The fraction of sp³-hybridized carbons (Fsp3) is 0.350. The van der Waals surface area contributed by atoms with E-state index in [9.17, 15) is 9.90 Å². The molecule has 0 N–H and O–H groups in total. The van der Waals surface area contributed by atoms with Crippen LogP contribution in [0.15, 0.2) is 36.4 Å². The van der Waals surface area contributed by atoms with Crippen LogP contribution in [0.4, 0.5) is 0 Å². The minimum atomic E-state index is -1.08. The maximum atomic E-state index is 11.3. The van der Waals surface area contributed by atoms with Crippen LogP contribution in [-0.2, 0) is 7.05 Å². The van der Waals surface area contributed by atoms with Gasteiger partial charge in [0.1, 0.15) is 0 Å². The normalized spacial score (nSPS) is 15.9. The number of hydrogen-bond donors (Lipinski definition) is 0. The van der Waals surface area contributed by atoms with E-state index >= 15 is 0 Å². The largest absolute Gasteiger partial charge is 0.544 e. The van der Waals surface area contributed by atoms with Gasteiger partial charge >= 0.3 is 0 Å². The highest BCUT2D eigenvalue weighted by Gasteiger charge is 2.26. The Morgan fingerprint density at radius 1 is 1.17 bits per heavy atom. The molecule has 24 heavy (non-hydrogen) atoms. The third kappa shape index (κ3) is 2.46. The quantitative estimate of drug-likeness (QED) is 0.714. The number of carboxylic acids is 1. The molecule has 4 heteroatoms. The molecule has 1 aliphatic carbocycles. The summed E-state index contributed by atoms with van der Waals surface area (Å²) in [5, 5.41) is 11.3. The molecule has 4 rings (SSSR count). The molecule has 0 saturated heterocycles. The molecule has 1 saturated carbocycles. The number of carboxylic acid groups (broad SMARTS) is 1. The van der Waals surface area contributed by atoms with Gasteiger partial charge in [-0.05, 0) is 36.0 Å². The van der Waals surface area contributed by atoms with Gasteiger partial charge in [-0.3, -0.25) is 0 Å². The first-order valence-electron chi connectivity index (χ1n) is 8.55. The summed E-state index contributed by atoms with van der Waals surface area (Å²) in [6, 6.07) is 12.2. The smallest absolute Gasteiger partial charge is 0.0816 e. The Bertz CT molecular complexity index is 885. The van der Waals surface area contributed by atoms with Gasteiger partial charge in [0.05, 0.1) is 26.8 Å². The third-order valence-electron chi connectivity index (χ3n) is 5.17. The molecule has 3 nitrogen and oxygen atoms in total. The van der Waals surface area contributed by atoms with Gasteiger partial charge in [-0.15, -0.1) is 11.3 Å². The molecule has 1 fully saturated rings. The fourth-order valence-corrected chi connectivity index (χ4v) is 5.20. The predicted molar refractivity (Wildman–Crippen MR) is 96.4 cm³/mol. The van der Waals surface area contributed by atoms with E-state index < -0.39 is 5.97 Å². The summed E-state index contributed by atoms with van der Waals surface area (Å²) in [5.74, 6) is -0.557. The second-order valence-electron chi connectivity index (χ2n) is 6.63. The zero-order valence-corrected chi connectivity index (χ0v) is 14.6. The van der Waals surface area contributed by atoms with Crippen molar-refractivity contribution in [1.29, 1.82) is 0 Å². The van der Waals surface area contributed by atoms with Crippen molar-refractivity contribution >= 4 is 27.5 Å². The number of thiophene rings is 1. The summed E-state index contributed by atoms with van der Waals surface area (Å²) in [6.07, 6.45) is 6.21. The Morgan fingerprint density at radius 3 is 2.54 bits per heavy atom. The molecule has 1 aliphatic rings. The third-order valence-corrected chi connectivity index (χ3v) is 6.31. The van der Waals surface area contributed by atoms with Gasteiger partial charge in [0.15, 0.2) is 0 Å². The van der Waals surface area contributed by atoms with Crippen molar-refractivity contribution in [3.05, 3.63) is 46.8 Å². The molecule has 2 heterocycles. The molecule has 0 atom stereocenters. The summed E-state index contributed by atoms with van der Waals surface area (Å²) < 4.78 is 3.29. The lowest BCUT2D eigenvalue weighted by molar-refractivity contribution is -0.254. The minimum absolute atomic E-state index is 0.326. The fourth-order valence-electron chi connectivity index (χ4n) is 4.05. The Hall–Kier alpha value is -2.07. The maximum absolute atomic E-state index is 11.3. The Morgan fingerprint density at radius 2 is 1.88 bits per heavy atom. The van der Waals surface area contributed by atoms with Crippen LogP contribution in [0.3, 0.4) is 0 Å². The average molecular weight is 338 g/mol. The van der Waals surface area contributed by atoms with Crippen molar-refractivity contribution in [2.45, 2.75) is 38.0 Å². The molecular weight excluding hydrogens is 318 g/mol. The van der Waals surface area contributed by atoms with E-state index in [0.29, 0.717) is 10.8 Å². The summed E-state index contributed by atoms with van der Waals surface area (Å²) in [4.78, 5) is 11.6. The van der Waals surface area contributed by atoms with Gasteiger partial charge in [-0.2, -0.15) is 0 Å². The molecular formula is C20H20NO2S-. The van der Waals surface area contributed by atoms with Gasteiger partial charge in [0.2, 0.25) is 0 Å². The molecule has 0 radical (unpaired) electrons. The first kappa shape index (κ1) is 15.5. The van der Waals surface area contributed by atoms with Gasteiger partial charge in [0.25, 0.3) is 0 Å². The van der Waals surface area contributed by atoms with E-state index in [2.05, 4.69) is 28.8 Å². The Kier molecular flexibility index (Phi) is 3.93. The number of benzene rings is 1. The number of nitrogens with zero attached hydrogens (tertiary/aromatic N) is 1. The molecule has 124 valence electrons. The van der Waals surface area contributed by atoms with Crippen molar-refractivity contribution in [1.82, 2.24) is 4.57 Å². The van der Waals surface area contributed by atoms with Gasteiger partial charge < -0.3 is 14.5 Å². The highest BCUT2D eigenvalue weighted by molar-refractivity contribution is 7.21. The van der Waals surface area contributed by atoms with Crippen LogP contribution in [0.2, 0.25) is 0 Å². The molecule has 0 aliphatic heterocycles. The lowest BCUT2D eigenvalue weighted by Gasteiger charge is -2.23. The number of carbonyl (C=O) groups is 1. The highest BCUT2D eigenvalue weighted by atomic mass is 32.1. The number of rotatable bonds is 3. The molecule has 0 amide bonds. The maximum Gasteiger partial charge on any atom is 0.0816 e. The number of fused-ring (bicyclic) bond motifs is 1. The van der Waals surface area contributed by atoms with Crippen LogP contribution in [0, 0.1) is 0 Å². The average Bonchev–Trinajstić information content (AvgIpc) is 3.15. The van der Waals surface area contributed by atoms with Crippen molar-refractivity contribution in [2.24, 2.45) is 7.05 Å². The monoisotopic (exact) mass is 338 g/mol. The van der Waals surface area contributed by atoms with Crippen molar-refractivity contribution in [2.75, 3.05) is 0 Å². The number of aromatic carboxylic acids is 1. The second-order valence-corrected chi connectivity index (χ2v) is 7.69. The minimum Gasteiger partial charge on any atom is -0.544 e. The summed E-state index contributed by atoms with van der Waals surface area (Å²) >= 11 is 1.37. The zero-order valence-electron chi connectivity index (χ0n) is 13.7. The van der Waals surface area contributed by atoms with E-state index in [0.717, 1.165) is 10.2 Å². The van der Waals surface area contributed by atoms with E-state index in [1.165, 1.54) is 60.3 Å². The van der Waals surface area contributed by atoms with Crippen molar-refractivity contribution in [3.63, 3.8) is 0 Å². The SMILES string of the molecule is Cn1c(-c2ccccc2)c(C2CCCCC2)c2sc(C(=O)[O-])cc21. The summed E-state index contributed by atoms with van der Waals surface area (Å²) in [7, 11) is 2.04. The van der Waals surface area contributed by atoms with E-state index in [-0.39, 0.29) is 0 Å². The van der Waals surface area contributed by atoms with Crippen LogP contribution in [0.5, 0.6) is 0 Å². The van der Waals surface area contributed by atoms with Gasteiger partial charge in [-0.25, -0.2) is 0 Å². The Labute approximate surface area is 145 Å². The lowest BCUT2D eigenvalue weighted by atomic mass is 9.83. The van der Waals surface area contributed by atoms with Crippen LogP contribution >= 0.6 is 11.3 Å². The Balaban J connectivity index is 1.98.